The van der Waals surface area contributed by atoms with Gasteiger partial charge < -0.3 is 15.3 Å². The Balaban J connectivity index is 0.000000406. The van der Waals surface area contributed by atoms with Gasteiger partial charge in [-0.1, -0.05) is 24.6 Å². The number of halogens is 3. The normalized spacial score (nSPS) is 24.9. The number of aryl methyl sites for hydroxylation is 1. The number of rotatable bonds is 4. The van der Waals surface area contributed by atoms with Crippen LogP contribution < -0.4 is 5.32 Å². The second kappa shape index (κ2) is 9.82. The average molecular weight is 506 g/mol. The Morgan fingerprint density at radius 3 is 2.24 bits per heavy atom. The number of benzene rings is 1. The molecule has 3 saturated heterocycles. The molecule has 1 aromatic carbocycles. The zero-order chi connectivity index (χ0) is 25.3. The minimum Gasteiger partial charge on any atom is -0.475 e. The highest BCUT2D eigenvalue weighted by atomic mass is 32.2. The molecular formula is C22H30F3N3O5S. The fourth-order valence-electron chi connectivity index (χ4n) is 5.12. The number of alkyl halides is 3. The Bertz CT molecular complexity index is 1010. The number of fused-ring (bicyclic) bond motifs is 2. The summed E-state index contributed by atoms with van der Waals surface area (Å²) in [6, 6.07) is 7.03. The molecule has 0 unspecified atom stereocenters. The predicted octanol–water partition coefficient (Wildman–Crippen LogP) is 2.24. The average Bonchev–Trinajstić information content (AvgIpc) is 3.28. The third-order valence-corrected chi connectivity index (χ3v) is 8.78. The number of aliphatic carboxylic acids is 1. The Morgan fingerprint density at radius 2 is 1.74 bits per heavy atom. The van der Waals surface area contributed by atoms with Crippen LogP contribution in [0.3, 0.4) is 0 Å². The summed E-state index contributed by atoms with van der Waals surface area (Å²) in [6.07, 6.45) is -2.59. The smallest absolute Gasteiger partial charge is 0.475 e. The number of hydrogen-bond donors (Lipinski definition) is 2. The van der Waals surface area contributed by atoms with Gasteiger partial charge in [0.2, 0.25) is 15.9 Å². The maximum Gasteiger partial charge on any atom is 0.490 e. The number of nitrogens with zero attached hydrogens (tertiary/aromatic N) is 2. The molecule has 4 rings (SSSR count). The Labute approximate surface area is 197 Å². The highest BCUT2D eigenvalue weighted by molar-refractivity contribution is 7.89. The number of carboxylic acid groups (broad SMARTS) is 1. The molecular weight excluding hydrogens is 475 g/mol. The van der Waals surface area contributed by atoms with Crippen LogP contribution in [0.15, 0.2) is 29.2 Å². The molecule has 3 fully saturated rings. The summed E-state index contributed by atoms with van der Waals surface area (Å²) in [5.74, 6) is -2.22. The van der Waals surface area contributed by atoms with Crippen molar-refractivity contribution >= 4 is 21.9 Å². The van der Waals surface area contributed by atoms with Gasteiger partial charge in [0, 0.05) is 37.6 Å². The topological polar surface area (TPSA) is 107 Å². The lowest BCUT2D eigenvalue weighted by molar-refractivity contribution is -0.192. The highest BCUT2D eigenvalue weighted by Crippen LogP contribution is 2.44. The number of carboxylic acids is 1. The fourth-order valence-corrected chi connectivity index (χ4v) is 6.56. The maximum atomic E-state index is 13.0. The van der Waals surface area contributed by atoms with Crippen LogP contribution in [0.1, 0.15) is 31.7 Å². The summed E-state index contributed by atoms with van der Waals surface area (Å²) in [5, 5.41) is 10.4. The number of sulfonamides is 1. The zero-order valence-electron chi connectivity index (χ0n) is 19.1. The van der Waals surface area contributed by atoms with Gasteiger partial charge in [0.15, 0.2) is 0 Å². The molecule has 0 saturated carbocycles. The van der Waals surface area contributed by atoms with E-state index in [1.807, 2.05) is 19.1 Å². The molecule has 190 valence electrons. The Morgan fingerprint density at radius 1 is 1.18 bits per heavy atom. The fraction of sp³-hybridized carbons (Fsp3) is 0.636. The monoisotopic (exact) mass is 505 g/mol. The molecule has 3 aliphatic heterocycles. The summed E-state index contributed by atoms with van der Waals surface area (Å²) in [7, 11) is -3.47. The number of likely N-dealkylation sites (tertiary alicyclic amines) is 1. The largest absolute Gasteiger partial charge is 0.490 e. The quantitative estimate of drug-likeness (QED) is 0.650. The van der Waals surface area contributed by atoms with Crippen molar-refractivity contribution in [2.45, 2.75) is 49.7 Å². The van der Waals surface area contributed by atoms with Crippen molar-refractivity contribution in [3.05, 3.63) is 29.8 Å². The van der Waals surface area contributed by atoms with Gasteiger partial charge in [-0.25, -0.2) is 13.2 Å². The van der Waals surface area contributed by atoms with E-state index in [4.69, 9.17) is 9.90 Å². The van der Waals surface area contributed by atoms with Crippen LogP contribution in [-0.2, 0) is 19.6 Å². The molecule has 1 amide bonds. The number of carbonyl (C=O) groups excluding carboxylic acids is 1. The van der Waals surface area contributed by atoms with Crippen LogP contribution in [0.25, 0.3) is 0 Å². The summed E-state index contributed by atoms with van der Waals surface area (Å²) >= 11 is 0. The molecule has 3 heterocycles. The number of amides is 1. The number of hydrogen-bond acceptors (Lipinski definition) is 5. The first-order chi connectivity index (χ1) is 15.8. The van der Waals surface area contributed by atoms with Gasteiger partial charge in [-0.3, -0.25) is 4.79 Å². The van der Waals surface area contributed by atoms with Crippen molar-refractivity contribution in [1.82, 2.24) is 14.5 Å². The Hall–Kier alpha value is -2.18. The van der Waals surface area contributed by atoms with Gasteiger partial charge in [-0.05, 0) is 44.9 Å². The lowest BCUT2D eigenvalue weighted by Crippen LogP contribution is -2.56. The standard InChI is InChI=1S/C20H29N3O3S.C2HF3O2/c1-3-10-22-13-17-18(14-22)20(21-19(17)24)8-11-23(12-9-20)27(25,26)16-6-4-15(2)5-7-16;3-2(4,5)1(6)7/h4-7,17-18H,3,8-14H2,1-2H3,(H,21,24);(H,6,7)/t17-,18+;/m1./s1. The van der Waals surface area contributed by atoms with Gasteiger partial charge in [-0.2, -0.15) is 17.5 Å². The van der Waals surface area contributed by atoms with E-state index in [9.17, 15) is 26.4 Å². The van der Waals surface area contributed by atoms with Crippen molar-refractivity contribution in [2.24, 2.45) is 11.8 Å². The van der Waals surface area contributed by atoms with Gasteiger partial charge in [-0.15, -0.1) is 0 Å². The summed E-state index contributed by atoms with van der Waals surface area (Å²) in [5.41, 5.74) is 0.813. The van der Waals surface area contributed by atoms with Crippen LogP contribution in [-0.4, -0.2) is 79.0 Å². The van der Waals surface area contributed by atoms with E-state index in [1.54, 1.807) is 16.4 Å². The van der Waals surface area contributed by atoms with Crippen molar-refractivity contribution < 1.29 is 36.3 Å². The molecule has 1 aromatic rings. The van der Waals surface area contributed by atoms with E-state index in [0.717, 1.165) is 31.6 Å². The first-order valence-corrected chi connectivity index (χ1v) is 12.7. The second-order valence-corrected chi connectivity index (χ2v) is 11.1. The number of carbonyl (C=O) groups is 2. The highest BCUT2D eigenvalue weighted by Gasteiger charge is 2.57. The van der Waals surface area contributed by atoms with E-state index in [0.29, 0.717) is 36.7 Å². The summed E-state index contributed by atoms with van der Waals surface area (Å²) < 4.78 is 59.2. The second-order valence-electron chi connectivity index (χ2n) is 9.14. The van der Waals surface area contributed by atoms with E-state index in [-0.39, 0.29) is 17.4 Å². The van der Waals surface area contributed by atoms with Crippen LogP contribution >= 0.6 is 0 Å². The number of piperidine rings is 1. The maximum absolute atomic E-state index is 13.0. The predicted molar refractivity (Wildman–Crippen MR) is 117 cm³/mol. The first kappa shape index (κ1) is 26.4. The van der Waals surface area contributed by atoms with Crippen LogP contribution in [0.5, 0.6) is 0 Å². The molecule has 2 atom stereocenters. The molecule has 0 bridgehead atoms. The van der Waals surface area contributed by atoms with Gasteiger partial charge in [0.1, 0.15) is 0 Å². The van der Waals surface area contributed by atoms with Crippen molar-refractivity contribution in [2.75, 3.05) is 32.7 Å². The van der Waals surface area contributed by atoms with Gasteiger partial charge in [0.25, 0.3) is 0 Å². The lowest BCUT2D eigenvalue weighted by Gasteiger charge is -2.42. The van der Waals surface area contributed by atoms with Crippen molar-refractivity contribution in [3.8, 4) is 0 Å². The minimum atomic E-state index is -5.08. The molecule has 0 aliphatic carbocycles. The molecule has 0 radical (unpaired) electrons. The summed E-state index contributed by atoms with van der Waals surface area (Å²) in [6.45, 7) is 7.87. The number of nitrogens with one attached hydrogen (secondary N) is 1. The minimum absolute atomic E-state index is 0.0665. The third-order valence-electron chi connectivity index (χ3n) is 6.87. The van der Waals surface area contributed by atoms with E-state index >= 15 is 0 Å². The van der Waals surface area contributed by atoms with Crippen molar-refractivity contribution in [3.63, 3.8) is 0 Å². The molecule has 1 spiro atoms. The van der Waals surface area contributed by atoms with Crippen LogP contribution in [0, 0.1) is 18.8 Å². The zero-order valence-corrected chi connectivity index (χ0v) is 20.0. The van der Waals surface area contributed by atoms with E-state index in [1.165, 1.54) is 0 Å². The Kier molecular flexibility index (Phi) is 7.63. The molecule has 12 heteroatoms. The molecule has 8 nitrogen and oxygen atoms in total. The van der Waals surface area contributed by atoms with Crippen LogP contribution in [0.2, 0.25) is 0 Å². The van der Waals surface area contributed by atoms with Crippen LogP contribution in [0.4, 0.5) is 13.2 Å². The van der Waals surface area contributed by atoms with E-state index < -0.39 is 22.2 Å². The lowest BCUT2D eigenvalue weighted by atomic mass is 9.76. The first-order valence-electron chi connectivity index (χ1n) is 11.2. The molecule has 3 aliphatic rings. The van der Waals surface area contributed by atoms with Gasteiger partial charge in [0.05, 0.1) is 10.8 Å². The summed E-state index contributed by atoms with van der Waals surface area (Å²) in [4.78, 5) is 24.2. The molecule has 34 heavy (non-hydrogen) atoms. The van der Waals surface area contributed by atoms with E-state index in [2.05, 4.69) is 17.1 Å². The third kappa shape index (κ3) is 5.38. The molecule has 0 aromatic heterocycles. The van der Waals surface area contributed by atoms with Gasteiger partial charge >= 0.3 is 12.1 Å². The molecule has 2 N–H and O–H groups in total. The van der Waals surface area contributed by atoms with Crippen molar-refractivity contribution in [1.29, 1.82) is 0 Å². The SMILES string of the molecule is CCCN1C[C@H]2C(=O)NC3(CCN(S(=O)(=O)c4ccc(C)cc4)CC3)[C@H]2C1.O=C(O)C(F)(F)F.